The molecule has 0 heterocycles. The zero-order valence-corrected chi connectivity index (χ0v) is 11.2. The number of carbonyl (C=O) groups is 1. The highest BCUT2D eigenvalue weighted by atomic mass is 79.9. The number of unbranched alkanes of at least 4 members (excludes halogenated alkanes) is 1. The molecule has 7 heteroatoms. The number of alkyl halides is 1. The lowest BCUT2D eigenvalue weighted by Crippen LogP contribution is -2.35. The Kier molecular flexibility index (Phi) is 7.12. The monoisotopic (exact) mass is 301 g/mol. The normalized spacial score (nSPS) is 13.5. The molecule has 0 aliphatic carbocycles. The Bertz CT molecular complexity index is 291. The maximum absolute atomic E-state index is 11.3. The predicted molar refractivity (Wildman–Crippen MR) is 61.4 cm³/mol. The SMILES string of the molecule is CCCCS(=O)(=O)NCC(Br)C(=O)OC. The van der Waals surface area contributed by atoms with Crippen LogP contribution < -0.4 is 4.72 Å². The van der Waals surface area contributed by atoms with Crippen LogP contribution in [0.15, 0.2) is 0 Å². The molecule has 1 unspecified atom stereocenters. The van der Waals surface area contributed by atoms with Crippen LogP contribution >= 0.6 is 15.9 Å². The fraction of sp³-hybridized carbons (Fsp3) is 0.875. The summed E-state index contributed by atoms with van der Waals surface area (Å²) < 4.78 is 29.4. The van der Waals surface area contributed by atoms with Crippen molar-refractivity contribution in [3.05, 3.63) is 0 Å². The number of halogens is 1. The van der Waals surface area contributed by atoms with E-state index in [4.69, 9.17) is 0 Å². The summed E-state index contributed by atoms with van der Waals surface area (Å²) in [6, 6.07) is 0. The van der Waals surface area contributed by atoms with Crippen molar-refractivity contribution < 1.29 is 17.9 Å². The first-order valence-electron chi connectivity index (χ1n) is 4.62. The summed E-state index contributed by atoms with van der Waals surface area (Å²) in [6.45, 7) is 1.93. The van der Waals surface area contributed by atoms with Gasteiger partial charge in [0.1, 0.15) is 4.83 Å². The largest absolute Gasteiger partial charge is 0.468 e. The topological polar surface area (TPSA) is 72.5 Å². The Balaban J connectivity index is 3.98. The van der Waals surface area contributed by atoms with Crippen LogP contribution in [-0.2, 0) is 19.6 Å². The molecule has 0 aliphatic heterocycles. The summed E-state index contributed by atoms with van der Waals surface area (Å²) in [4.78, 5) is 10.3. The van der Waals surface area contributed by atoms with Crippen molar-refractivity contribution in [1.82, 2.24) is 4.72 Å². The zero-order chi connectivity index (χ0) is 11.9. The lowest BCUT2D eigenvalue weighted by molar-refractivity contribution is -0.139. The number of esters is 1. The van der Waals surface area contributed by atoms with Gasteiger partial charge in [-0.3, -0.25) is 4.79 Å². The first-order chi connectivity index (χ1) is 6.93. The van der Waals surface area contributed by atoms with E-state index in [2.05, 4.69) is 25.4 Å². The van der Waals surface area contributed by atoms with Gasteiger partial charge in [0.05, 0.1) is 12.9 Å². The molecule has 90 valence electrons. The van der Waals surface area contributed by atoms with Crippen LogP contribution in [0, 0.1) is 0 Å². The highest BCUT2D eigenvalue weighted by Crippen LogP contribution is 2.01. The Morgan fingerprint density at radius 2 is 2.13 bits per heavy atom. The second-order valence-electron chi connectivity index (χ2n) is 3.01. The van der Waals surface area contributed by atoms with Gasteiger partial charge in [-0.2, -0.15) is 0 Å². The highest BCUT2D eigenvalue weighted by Gasteiger charge is 2.18. The number of hydrogen-bond donors (Lipinski definition) is 1. The second kappa shape index (κ2) is 7.19. The maximum atomic E-state index is 11.3. The van der Waals surface area contributed by atoms with Crippen LogP contribution in [0.3, 0.4) is 0 Å². The second-order valence-corrected chi connectivity index (χ2v) is 6.04. The van der Waals surface area contributed by atoms with Gasteiger partial charge in [-0.05, 0) is 6.42 Å². The Labute approximate surface area is 98.7 Å². The van der Waals surface area contributed by atoms with Crippen LogP contribution in [0.2, 0.25) is 0 Å². The maximum Gasteiger partial charge on any atom is 0.320 e. The standard InChI is InChI=1S/C8H16BrNO4S/c1-3-4-5-15(12,13)10-6-7(9)8(11)14-2/h7,10H,3-6H2,1-2H3. The fourth-order valence-electron chi connectivity index (χ4n) is 0.818. The van der Waals surface area contributed by atoms with Gasteiger partial charge in [-0.15, -0.1) is 0 Å². The Morgan fingerprint density at radius 1 is 1.53 bits per heavy atom. The molecule has 0 aromatic heterocycles. The fourth-order valence-corrected chi connectivity index (χ4v) is 2.61. The van der Waals surface area contributed by atoms with Gasteiger partial charge in [0.2, 0.25) is 10.0 Å². The lowest BCUT2D eigenvalue weighted by atomic mass is 10.4. The molecule has 0 aliphatic rings. The number of ether oxygens (including phenoxy) is 1. The average molecular weight is 302 g/mol. The summed E-state index contributed by atoms with van der Waals surface area (Å²) in [7, 11) is -2.02. The molecule has 0 bridgehead atoms. The van der Waals surface area contributed by atoms with Crippen molar-refractivity contribution in [1.29, 1.82) is 0 Å². The van der Waals surface area contributed by atoms with Crippen LogP contribution in [-0.4, -0.2) is 38.6 Å². The van der Waals surface area contributed by atoms with E-state index in [-0.39, 0.29) is 12.3 Å². The molecule has 0 saturated heterocycles. The van der Waals surface area contributed by atoms with E-state index >= 15 is 0 Å². The van der Waals surface area contributed by atoms with Gasteiger partial charge in [0.25, 0.3) is 0 Å². The molecule has 5 nitrogen and oxygen atoms in total. The summed E-state index contributed by atoms with van der Waals surface area (Å²) in [5.41, 5.74) is 0. The molecule has 0 aromatic carbocycles. The molecule has 0 fully saturated rings. The van der Waals surface area contributed by atoms with Crippen molar-refractivity contribution in [2.75, 3.05) is 19.4 Å². The molecule has 0 spiro atoms. The first kappa shape index (κ1) is 14.9. The molecule has 0 rings (SSSR count). The highest BCUT2D eigenvalue weighted by molar-refractivity contribution is 9.10. The van der Waals surface area contributed by atoms with E-state index in [1.807, 2.05) is 6.92 Å². The van der Waals surface area contributed by atoms with E-state index in [0.717, 1.165) is 6.42 Å². The summed E-state index contributed by atoms with van der Waals surface area (Å²) in [6.07, 6.45) is 1.43. The van der Waals surface area contributed by atoms with Crippen molar-refractivity contribution in [2.45, 2.75) is 24.6 Å². The number of sulfonamides is 1. The number of nitrogens with one attached hydrogen (secondary N) is 1. The minimum Gasteiger partial charge on any atom is -0.468 e. The van der Waals surface area contributed by atoms with Crippen molar-refractivity contribution in [3.8, 4) is 0 Å². The van der Waals surface area contributed by atoms with E-state index in [0.29, 0.717) is 6.42 Å². The molecule has 0 radical (unpaired) electrons. The lowest BCUT2D eigenvalue weighted by Gasteiger charge is -2.09. The van der Waals surface area contributed by atoms with Crippen LogP contribution in [0.25, 0.3) is 0 Å². The van der Waals surface area contributed by atoms with E-state index in [9.17, 15) is 13.2 Å². The Morgan fingerprint density at radius 3 is 2.60 bits per heavy atom. The molecule has 15 heavy (non-hydrogen) atoms. The third kappa shape index (κ3) is 6.86. The smallest absolute Gasteiger partial charge is 0.320 e. The number of carbonyl (C=O) groups excluding carboxylic acids is 1. The van der Waals surface area contributed by atoms with E-state index < -0.39 is 20.8 Å². The minimum absolute atomic E-state index is 0.0126. The van der Waals surface area contributed by atoms with E-state index in [1.165, 1.54) is 7.11 Å². The third-order valence-electron chi connectivity index (χ3n) is 1.71. The van der Waals surface area contributed by atoms with Crippen molar-refractivity contribution in [3.63, 3.8) is 0 Å². The molecule has 0 saturated carbocycles. The number of hydrogen-bond acceptors (Lipinski definition) is 4. The van der Waals surface area contributed by atoms with Crippen LogP contribution in [0.4, 0.5) is 0 Å². The quantitative estimate of drug-likeness (QED) is 0.553. The Hall–Kier alpha value is -0.140. The summed E-state index contributed by atoms with van der Waals surface area (Å²) >= 11 is 3.02. The molecular weight excluding hydrogens is 286 g/mol. The van der Waals surface area contributed by atoms with Gasteiger partial charge in [-0.25, -0.2) is 13.1 Å². The van der Waals surface area contributed by atoms with Gasteiger partial charge in [-0.1, -0.05) is 29.3 Å². The van der Waals surface area contributed by atoms with Crippen molar-refractivity contribution >= 4 is 31.9 Å². The van der Waals surface area contributed by atoms with Crippen molar-refractivity contribution in [2.24, 2.45) is 0 Å². The van der Waals surface area contributed by atoms with Gasteiger partial charge in [0, 0.05) is 6.54 Å². The third-order valence-corrected chi connectivity index (χ3v) is 3.84. The number of methoxy groups -OCH3 is 1. The number of rotatable bonds is 7. The summed E-state index contributed by atoms with van der Waals surface area (Å²) in [5, 5.41) is 0. The molecule has 0 aromatic rings. The molecular formula is C8H16BrNO4S. The van der Waals surface area contributed by atoms with Gasteiger partial charge >= 0.3 is 5.97 Å². The van der Waals surface area contributed by atoms with Crippen LogP contribution in [0.1, 0.15) is 19.8 Å². The first-order valence-corrected chi connectivity index (χ1v) is 7.19. The average Bonchev–Trinajstić information content (AvgIpc) is 2.22. The van der Waals surface area contributed by atoms with Gasteiger partial charge < -0.3 is 4.74 Å². The van der Waals surface area contributed by atoms with Crippen LogP contribution in [0.5, 0.6) is 0 Å². The van der Waals surface area contributed by atoms with Gasteiger partial charge in [0.15, 0.2) is 0 Å². The minimum atomic E-state index is -3.27. The summed E-state index contributed by atoms with van der Waals surface area (Å²) in [5.74, 6) is -0.405. The molecule has 0 amide bonds. The molecule has 1 atom stereocenters. The van der Waals surface area contributed by atoms with E-state index in [1.54, 1.807) is 0 Å². The zero-order valence-electron chi connectivity index (χ0n) is 8.82. The molecule has 1 N–H and O–H groups in total. The predicted octanol–water partition coefficient (Wildman–Crippen LogP) is 0.642.